The van der Waals surface area contributed by atoms with Crippen molar-refractivity contribution in [2.24, 2.45) is 10.8 Å². The van der Waals surface area contributed by atoms with Crippen LogP contribution < -0.4 is 4.90 Å². The summed E-state index contributed by atoms with van der Waals surface area (Å²) in [4.78, 5) is 28.4. The number of fused-ring (bicyclic) bond motifs is 2. The molecule has 12 nitrogen and oxygen atoms in total. The maximum absolute atomic E-state index is 12.3. The van der Waals surface area contributed by atoms with E-state index in [4.69, 9.17) is 24.5 Å². The Labute approximate surface area is 293 Å². The molecule has 2 aliphatic heterocycles. The molecule has 4 aromatic rings. The van der Waals surface area contributed by atoms with Crippen molar-refractivity contribution in [2.75, 3.05) is 70.2 Å². The molecule has 0 radical (unpaired) electrons. The SMILES string of the molecule is CCOC(=O)CC(C)(C)CC(C)(C)Cn1ncc2c(-c3nc(N4CCOCC4)c4sc(CN5CCN(S(C)(=O)=O)CC5)cc4n3)cccc21. The average molecular weight is 712 g/mol. The van der Waals surface area contributed by atoms with Crippen molar-refractivity contribution < 1.29 is 22.7 Å². The van der Waals surface area contributed by atoms with Gasteiger partial charge in [-0.2, -0.15) is 9.40 Å². The van der Waals surface area contributed by atoms with Gasteiger partial charge in [0.15, 0.2) is 11.6 Å². The van der Waals surface area contributed by atoms with Gasteiger partial charge in [-0.3, -0.25) is 14.4 Å². The van der Waals surface area contributed by atoms with Crippen molar-refractivity contribution >= 4 is 54.3 Å². The van der Waals surface area contributed by atoms with Crippen molar-refractivity contribution in [3.8, 4) is 11.4 Å². The van der Waals surface area contributed by atoms with E-state index in [-0.39, 0.29) is 16.8 Å². The first kappa shape index (κ1) is 35.6. The minimum atomic E-state index is -3.17. The summed E-state index contributed by atoms with van der Waals surface area (Å²) < 4.78 is 39.6. The third-order valence-electron chi connectivity index (χ3n) is 9.29. The quantitative estimate of drug-likeness (QED) is 0.185. The van der Waals surface area contributed by atoms with Gasteiger partial charge in [-0.25, -0.2) is 18.4 Å². The normalized spacial score (nSPS) is 17.3. The first-order valence-electron chi connectivity index (χ1n) is 17.1. The molecule has 5 heterocycles. The molecule has 0 saturated carbocycles. The van der Waals surface area contributed by atoms with E-state index >= 15 is 0 Å². The molecule has 0 N–H and O–H groups in total. The zero-order valence-electron chi connectivity index (χ0n) is 29.6. The van der Waals surface area contributed by atoms with E-state index in [9.17, 15) is 13.2 Å². The molecule has 1 aromatic carbocycles. The van der Waals surface area contributed by atoms with E-state index in [1.54, 1.807) is 15.6 Å². The van der Waals surface area contributed by atoms with Gasteiger partial charge in [0, 0.05) is 68.2 Å². The molecule has 49 heavy (non-hydrogen) atoms. The Bertz CT molecular complexity index is 1910. The zero-order valence-corrected chi connectivity index (χ0v) is 31.2. The number of rotatable bonds is 12. The third-order valence-corrected chi connectivity index (χ3v) is 11.7. The van der Waals surface area contributed by atoms with Crippen LogP contribution in [0.2, 0.25) is 0 Å². The number of aromatic nitrogens is 4. The van der Waals surface area contributed by atoms with Crippen LogP contribution in [-0.4, -0.2) is 109 Å². The number of esters is 1. The number of ether oxygens (including phenoxy) is 2. The van der Waals surface area contributed by atoms with Crippen molar-refractivity contribution in [3.63, 3.8) is 0 Å². The van der Waals surface area contributed by atoms with Crippen molar-refractivity contribution in [1.29, 1.82) is 0 Å². The van der Waals surface area contributed by atoms with Gasteiger partial charge in [0.1, 0.15) is 0 Å². The topological polar surface area (TPSA) is 123 Å². The molecule has 0 unspecified atom stereocenters. The zero-order chi connectivity index (χ0) is 35.0. The summed E-state index contributed by atoms with van der Waals surface area (Å²) >= 11 is 1.72. The molecule has 0 aliphatic carbocycles. The van der Waals surface area contributed by atoms with E-state index in [0.29, 0.717) is 64.8 Å². The molecule has 2 fully saturated rings. The fraction of sp³-hybridized carbons (Fsp3) is 0.600. The summed E-state index contributed by atoms with van der Waals surface area (Å²) in [5, 5.41) is 5.85. The average Bonchev–Trinajstić information content (AvgIpc) is 3.63. The van der Waals surface area contributed by atoms with Gasteiger partial charge in [0.05, 0.1) is 54.4 Å². The second-order valence-electron chi connectivity index (χ2n) is 14.9. The number of carbonyl (C=O) groups excluding carboxylic acids is 1. The Morgan fingerprint density at radius 1 is 1.02 bits per heavy atom. The lowest BCUT2D eigenvalue weighted by Gasteiger charge is -2.34. The van der Waals surface area contributed by atoms with E-state index in [1.807, 2.05) is 19.2 Å². The number of piperazine rings is 1. The lowest BCUT2D eigenvalue weighted by molar-refractivity contribution is -0.145. The van der Waals surface area contributed by atoms with Gasteiger partial charge in [-0.05, 0) is 36.3 Å². The first-order chi connectivity index (χ1) is 23.2. The van der Waals surface area contributed by atoms with Gasteiger partial charge >= 0.3 is 5.97 Å². The van der Waals surface area contributed by atoms with Crippen LogP contribution >= 0.6 is 11.3 Å². The molecule has 0 atom stereocenters. The highest BCUT2D eigenvalue weighted by molar-refractivity contribution is 7.88. The highest BCUT2D eigenvalue weighted by Crippen LogP contribution is 2.40. The summed E-state index contributed by atoms with van der Waals surface area (Å²) in [6.45, 7) is 17.6. The van der Waals surface area contributed by atoms with Crippen molar-refractivity contribution in [3.05, 3.63) is 35.3 Å². The van der Waals surface area contributed by atoms with E-state index in [1.165, 1.54) is 11.1 Å². The molecular formula is C35H49N7O5S2. The summed E-state index contributed by atoms with van der Waals surface area (Å²) in [5.74, 6) is 1.44. The Hall–Kier alpha value is -3.17. The molecule has 2 aliphatic rings. The predicted octanol–water partition coefficient (Wildman–Crippen LogP) is 5.02. The number of sulfonamides is 1. The van der Waals surface area contributed by atoms with Crippen LogP contribution in [0.1, 0.15) is 52.3 Å². The van der Waals surface area contributed by atoms with Crippen LogP contribution in [0.3, 0.4) is 0 Å². The lowest BCUT2D eigenvalue weighted by Crippen LogP contribution is -2.47. The Balaban J connectivity index is 1.29. The van der Waals surface area contributed by atoms with Crippen LogP contribution in [0.25, 0.3) is 32.5 Å². The number of hydrogen-bond acceptors (Lipinski definition) is 11. The van der Waals surface area contributed by atoms with Gasteiger partial charge < -0.3 is 14.4 Å². The van der Waals surface area contributed by atoms with Crippen LogP contribution in [0.4, 0.5) is 5.82 Å². The summed E-state index contributed by atoms with van der Waals surface area (Å²) in [6.07, 6.45) is 4.41. The second-order valence-corrected chi connectivity index (χ2v) is 18.0. The summed E-state index contributed by atoms with van der Waals surface area (Å²) in [7, 11) is -3.17. The first-order valence-corrected chi connectivity index (χ1v) is 19.8. The molecule has 266 valence electrons. The molecular weight excluding hydrogens is 663 g/mol. The number of carbonyl (C=O) groups is 1. The standard InChI is InChI=1S/C35H49N7O5S2/c1-7-47-30(43)20-34(2,3)23-35(4,5)24-42-29-10-8-9-26(27(29)21-36-42)32-37-28-19-25(22-39-11-13-41(14-12-39)49(6,44)45)48-31(28)33(38-32)40-15-17-46-18-16-40/h8-10,19,21H,7,11-18,20,22-24H2,1-6H3. The second kappa shape index (κ2) is 14.2. The number of benzene rings is 1. The summed E-state index contributed by atoms with van der Waals surface area (Å²) in [6, 6.07) is 8.38. The predicted molar refractivity (Wildman–Crippen MR) is 194 cm³/mol. The molecule has 2 saturated heterocycles. The van der Waals surface area contributed by atoms with Crippen LogP contribution in [0.15, 0.2) is 30.5 Å². The molecule has 14 heteroatoms. The monoisotopic (exact) mass is 711 g/mol. The molecule has 0 spiro atoms. The highest BCUT2D eigenvalue weighted by Gasteiger charge is 2.32. The molecule has 0 bridgehead atoms. The summed E-state index contributed by atoms with van der Waals surface area (Å²) in [5.41, 5.74) is 2.52. The van der Waals surface area contributed by atoms with Gasteiger partial charge in [0.25, 0.3) is 0 Å². The van der Waals surface area contributed by atoms with Gasteiger partial charge in [-0.15, -0.1) is 11.3 Å². The minimum absolute atomic E-state index is 0.131. The maximum Gasteiger partial charge on any atom is 0.306 e. The third kappa shape index (κ3) is 8.42. The number of thiophene rings is 1. The van der Waals surface area contributed by atoms with Gasteiger partial charge in [0.2, 0.25) is 10.0 Å². The molecule has 3 aromatic heterocycles. The van der Waals surface area contributed by atoms with Crippen molar-refractivity contribution in [2.45, 2.75) is 60.5 Å². The molecule has 6 rings (SSSR count). The van der Waals surface area contributed by atoms with Crippen LogP contribution in [0.5, 0.6) is 0 Å². The fourth-order valence-corrected chi connectivity index (χ4v) is 9.42. The highest BCUT2D eigenvalue weighted by atomic mass is 32.2. The Morgan fingerprint density at radius 2 is 1.76 bits per heavy atom. The van der Waals surface area contributed by atoms with Crippen LogP contribution in [-0.2, 0) is 37.4 Å². The maximum atomic E-state index is 12.3. The lowest BCUT2D eigenvalue weighted by atomic mass is 9.73. The fourth-order valence-electron chi connectivity index (χ4n) is 7.44. The van der Waals surface area contributed by atoms with Crippen molar-refractivity contribution in [1.82, 2.24) is 29.0 Å². The van der Waals surface area contributed by atoms with Gasteiger partial charge in [-0.1, -0.05) is 39.8 Å². The number of hydrogen-bond donors (Lipinski definition) is 0. The molecule has 0 amide bonds. The number of nitrogens with zero attached hydrogens (tertiary/aromatic N) is 7. The smallest absolute Gasteiger partial charge is 0.306 e. The van der Waals surface area contributed by atoms with E-state index in [2.05, 4.69) is 60.4 Å². The van der Waals surface area contributed by atoms with E-state index < -0.39 is 10.0 Å². The number of anilines is 1. The number of morpholine rings is 1. The Kier molecular flexibility index (Phi) is 10.3. The van der Waals surface area contributed by atoms with E-state index in [0.717, 1.165) is 58.6 Å². The minimum Gasteiger partial charge on any atom is -0.466 e. The largest absolute Gasteiger partial charge is 0.466 e. The van der Waals surface area contributed by atoms with Crippen LogP contribution in [0, 0.1) is 10.8 Å². The Morgan fingerprint density at radius 3 is 2.45 bits per heavy atom.